The van der Waals surface area contributed by atoms with Crippen molar-refractivity contribution in [3.63, 3.8) is 0 Å². The minimum Gasteiger partial charge on any atom is -0.379 e. The number of nitrogens with one attached hydrogen (secondary N) is 1. The standard InChI is InChI=1S/C22H27NO2/c1-16-6-10-18(11-7-16)20(23-14-4-3-5-15-23)22(25)21(24)19-12-8-17(2)9-13-19/h6-13,20,22,25H,3-5,14-15H2,1-2H3/p+1/t20-,22-/m1/s1. The first-order chi connectivity index (χ1) is 12.1. The Hall–Kier alpha value is -1.97. The van der Waals surface area contributed by atoms with Gasteiger partial charge in [-0.15, -0.1) is 0 Å². The molecule has 132 valence electrons. The fourth-order valence-electron chi connectivity index (χ4n) is 3.77. The zero-order valence-corrected chi connectivity index (χ0v) is 15.2. The number of aliphatic hydroxyl groups is 1. The lowest BCUT2D eigenvalue weighted by Gasteiger charge is -2.34. The zero-order chi connectivity index (χ0) is 17.8. The molecule has 2 atom stereocenters. The van der Waals surface area contributed by atoms with Crippen molar-refractivity contribution < 1.29 is 14.8 Å². The molecule has 0 bridgehead atoms. The van der Waals surface area contributed by atoms with E-state index in [4.69, 9.17) is 0 Å². The van der Waals surface area contributed by atoms with Crippen molar-refractivity contribution in [3.05, 3.63) is 70.8 Å². The number of Topliss-reactive ketones (excluding diaryl/α,β-unsaturated/α-hetero) is 1. The summed E-state index contributed by atoms with van der Waals surface area (Å²) in [5.74, 6) is -0.177. The van der Waals surface area contributed by atoms with Crippen LogP contribution in [0.5, 0.6) is 0 Å². The lowest BCUT2D eigenvalue weighted by atomic mass is 9.91. The van der Waals surface area contributed by atoms with Gasteiger partial charge in [0.05, 0.1) is 13.1 Å². The number of aliphatic hydroxyl groups excluding tert-OH is 1. The molecule has 3 nitrogen and oxygen atoms in total. The number of rotatable bonds is 5. The smallest absolute Gasteiger partial charge is 0.197 e. The fraction of sp³-hybridized carbons (Fsp3) is 0.409. The normalized spacial score (nSPS) is 17.9. The average Bonchev–Trinajstić information content (AvgIpc) is 2.64. The molecule has 1 saturated heterocycles. The van der Waals surface area contributed by atoms with Crippen molar-refractivity contribution in [2.24, 2.45) is 0 Å². The third-order valence-electron chi connectivity index (χ3n) is 5.29. The number of carbonyl (C=O) groups is 1. The van der Waals surface area contributed by atoms with E-state index >= 15 is 0 Å². The van der Waals surface area contributed by atoms with Crippen molar-refractivity contribution in [1.82, 2.24) is 0 Å². The molecule has 0 spiro atoms. The van der Waals surface area contributed by atoms with E-state index in [2.05, 4.69) is 31.2 Å². The van der Waals surface area contributed by atoms with Crippen LogP contribution in [0.4, 0.5) is 0 Å². The summed E-state index contributed by atoms with van der Waals surface area (Å²) in [5, 5.41) is 11.0. The van der Waals surface area contributed by atoms with Gasteiger partial charge in [0, 0.05) is 11.1 Å². The predicted molar refractivity (Wildman–Crippen MR) is 100.0 cm³/mol. The van der Waals surface area contributed by atoms with Gasteiger partial charge in [0.2, 0.25) is 0 Å². The Labute approximate surface area is 150 Å². The maximum atomic E-state index is 12.9. The van der Waals surface area contributed by atoms with Gasteiger partial charge in [-0.05, 0) is 33.1 Å². The number of quaternary nitrogens is 1. The van der Waals surface area contributed by atoms with Crippen molar-refractivity contribution in [1.29, 1.82) is 0 Å². The highest BCUT2D eigenvalue weighted by atomic mass is 16.3. The van der Waals surface area contributed by atoms with E-state index in [1.807, 2.05) is 31.2 Å². The second-order valence-corrected chi connectivity index (χ2v) is 7.28. The number of benzene rings is 2. The summed E-state index contributed by atoms with van der Waals surface area (Å²) < 4.78 is 0. The molecule has 1 fully saturated rings. The molecule has 0 amide bonds. The number of hydrogen-bond acceptors (Lipinski definition) is 2. The quantitative estimate of drug-likeness (QED) is 0.823. The van der Waals surface area contributed by atoms with Gasteiger partial charge in [-0.25, -0.2) is 0 Å². The van der Waals surface area contributed by atoms with Crippen LogP contribution in [-0.4, -0.2) is 30.1 Å². The Morgan fingerprint density at radius 1 is 0.880 bits per heavy atom. The summed E-state index contributed by atoms with van der Waals surface area (Å²) >= 11 is 0. The van der Waals surface area contributed by atoms with Crippen LogP contribution in [0.3, 0.4) is 0 Å². The highest BCUT2D eigenvalue weighted by molar-refractivity contribution is 5.99. The number of aryl methyl sites for hydroxylation is 2. The van der Waals surface area contributed by atoms with Gasteiger partial charge in [0.15, 0.2) is 11.9 Å². The first kappa shape index (κ1) is 17.8. The van der Waals surface area contributed by atoms with Gasteiger partial charge in [-0.2, -0.15) is 0 Å². The largest absolute Gasteiger partial charge is 0.379 e. The van der Waals surface area contributed by atoms with Crippen LogP contribution in [0.2, 0.25) is 0 Å². The molecule has 3 heteroatoms. The van der Waals surface area contributed by atoms with Crippen LogP contribution in [-0.2, 0) is 0 Å². The molecular formula is C22H28NO2+. The first-order valence-corrected chi connectivity index (χ1v) is 9.26. The molecule has 1 aliphatic rings. The number of hydrogen-bond donors (Lipinski definition) is 2. The number of piperidine rings is 1. The van der Waals surface area contributed by atoms with E-state index in [0.29, 0.717) is 5.56 Å². The van der Waals surface area contributed by atoms with E-state index in [0.717, 1.165) is 37.1 Å². The second kappa shape index (κ2) is 7.94. The Morgan fingerprint density at radius 3 is 1.96 bits per heavy atom. The molecule has 0 aliphatic carbocycles. The summed E-state index contributed by atoms with van der Waals surface area (Å²) in [5.41, 5.74) is 3.94. The Balaban J connectivity index is 1.90. The Bertz CT molecular complexity index is 700. The van der Waals surface area contributed by atoms with Crippen LogP contribution >= 0.6 is 0 Å². The third-order valence-corrected chi connectivity index (χ3v) is 5.29. The highest BCUT2D eigenvalue weighted by Crippen LogP contribution is 2.20. The summed E-state index contributed by atoms with van der Waals surface area (Å²) in [4.78, 5) is 14.2. The highest BCUT2D eigenvalue weighted by Gasteiger charge is 2.37. The van der Waals surface area contributed by atoms with Crippen LogP contribution < -0.4 is 4.90 Å². The summed E-state index contributed by atoms with van der Waals surface area (Å²) in [6.07, 6.45) is 2.54. The van der Waals surface area contributed by atoms with Gasteiger partial charge in [0.1, 0.15) is 6.04 Å². The van der Waals surface area contributed by atoms with Crippen LogP contribution in [0, 0.1) is 13.8 Å². The van der Waals surface area contributed by atoms with Gasteiger partial charge >= 0.3 is 0 Å². The molecule has 1 heterocycles. The number of ketones is 1. The summed E-state index contributed by atoms with van der Waals surface area (Å²) in [6, 6.07) is 15.5. The zero-order valence-electron chi connectivity index (χ0n) is 15.2. The molecule has 2 aromatic carbocycles. The van der Waals surface area contributed by atoms with E-state index in [1.165, 1.54) is 16.9 Å². The van der Waals surface area contributed by atoms with E-state index in [1.54, 1.807) is 0 Å². The van der Waals surface area contributed by atoms with Gasteiger partial charge in [0.25, 0.3) is 0 Å². The first-order valence-electron chi connectivity index (χ1n) is 9.26. The molecule has 2 aromatic rings. The third kappa shape index (κ3) is 4.17. The van der Waals surface area contributed by atoms with Crippen molar-refractivity contribution in [2.45, 2.75) is 45.3 Å². The fourth-order valence-corrected chi connectivity index (χ4v) is 3.77. The summed E-state index contributed by atoms with van der Waals surface area (Å²) in [7, 11) is 0. The molecule has 25 heavy (non-hydrogen) atoms. The van der Waals surface area contributed by atoms with E-state index in [9.17, 15) is 9.90 Å². The maximum absolute atomic E-state index is 12.9. The Kier molecular flexibility index (Phi) is 5.67. The Morgan fingerprint density at radius 2 is 1.40 bits per heavy atom. The number of likely N-dealkylation sites (tertiary alicyclic amines) is 1. The monoisotopic (exact) mass is 338 g/mol. The lowest BCUT2D eigenvalue weighted by Crippen LogP contribution is -3.14. The maximum Gasteiger partial charge on any atom is 0.197 e. The molecule has 0 radical (unpaired) electrons. The van der Waals surface area contributed by atoms with Crippen molar-refractivity contribution in [2.75, 3.05) is 13.1 Å². The molecule has 3 rings (SSSR count). The van der Waals surface area contributed by atoms with Gasteiger partial charge in [-0.1, -0.05) is 59.7 Å². The minimum atomic E-state index is -1.02. The van der Waals surface area contributed by atoms with Crippen LogP contribution in [0.1, 0.15) is 52.4 Å². The van der Waals surface area contributed by atoms with E-state index in [-0.39, 0.29) is 11.8 Å². The predicted octanol–water partition coefficient (Wildman–Crippen LogP) is 2.66. The van der Waals surface area contributed by atoms with Gasteiger partial charge < -0.3 is 10.0 Å². The average molecular weight is 338 g/mol. The second-order valence-electron chi connectivity index (χ2n) is 7.28. The van der Waals surface area contributed by atoms with Crippen LogP contribution in [0.25, 0.3) is 0 Å². The van der Waals surface area contributed by atoms with Gasteiger partial charge in [-0.3, -0.25) is 4.79 Å². The SMILES string of the molecule is Cc1ccc(C(=O)[C@H](O)[C@@H](c2ccc(C)cc2)[NH+]2CCCCC2)cc1. The molecule has 0 saturated carbocycles. The molecule has 2 N–H and O–H groups in total. The summed E-state index contributed by atoms with van der Waals surface area (Å²) in [6.45, 7) is 6.08. The minimum absolute atomic E-state index is 0.177. The number of carbonyl (C=O) groups excluding carboxylic acids is 1. The topological polar surface area (TPSA) is 41.7 Å². The van der Waals surface area contributed by atoms with E-state index < -0.39 is 6.10 Å². The van der Waals surface area contributed by atoms with Crippen molar-refractivity contribution >= 4 is 5.78 Å². The van der Waals surface area contributed by atoms with Crippen molar-refractivity contribution in [3.8, 4) is 0 Å². The molecular weight excluding hydrogens is 310 g/mol. The molecule has 0 aromatic heterocycles. The van der Waals surface area contributed by atoms with Crippen LogP contribution in [0.15, 0.2) is 48.5 Å². The molecule has 1 aliphatic heterocycles. The molecule has 0 unspecified atom stereocenters. The lowest BCUT2D eigenvalue weighted by molar-refractivity contribution is -0.938.